The standard InChI is InChI=1S/C13H9Cl2N3S/c14-9-4-3-8(6-10(9)15)7-12-16-13(18-17-12)11-2-1-5-19-11/h1-6H,7H2,(H,16,17,18). The van der Waals surface area contributed by atoms with Crippen molar-refractivity contribution < 1.29 is 0 Å². The summed E-state index contributed by atoms with van der Waals surface area (Å²) >= 11 is 13.5. The van der Waals surface area contributed by atoms with E-state index >= 15 is 0 Å². The molecule has 0 unspecified atom stereocenters. The Labute approximate surface area is 124 Å². The lowest BCUT2D eigenvalue weighted by molar-refractivity contribution is 0.973. The number of aromatic nitrogens is 3. The van der Waals surface area contributed by atoms with Crippen molar-refractivity contribution in [3.63, 3.8) is 0 Å². The fourth-order valence-electron chi connectivity index (χ4n) is 1.73. The molecule has 0 bridgehead atoms. The van der Waals surface area contributed by atoms with E-state index in [1.807, 2.05) is 29.6 Å². The van der Waals surface area contributed by atoms with Gasteiger partial charge >= 0.3 is 0 Å². The van der Waals surface area contributed by atoms with Gasteiger partial charge in [0.25, 0.3) is 0 Å². The summed E-state index contributed by atoms with van der Waals surface area (Å²) in [6.07, 6.45) is 0.648. The summed E-state index contributed by atoms with van der Waals surface area (Å²) in [5, 5.41) is 10.3. The monoisotopic (exact) mass is 309 g/mol. The molecular weight excluding hydrogens is 301 g/mol. The molecule has 0 fully saturated rings. The van der Waals surface area contributed by atoms with E-state index in [1.165, 1.54) is 0 Å². The van der Waals surface area contributed by atoms with Gasteiger partial charge in [-0.15, -0.1) is 11.3 Å². The molecule has 3 rings (SSSR count). The molecule has 0 radical (unpaired) electrons. The van der Waals surface area contributed by atoms with Crippen molar-refractivity contribution in [3.05, 3.63) is 57.1 Å². The second-order valence-corrected chi connectivity index (χ2v) is 5.77. The zero-order valence-corrected chi connectivity index (χ0v) is 12.1. The van der Waals surface area contributed by atoms with Crippen molar-refractivity contribution in [2.75, 3.05) is 0 Å². The normalized spacial score (nSPS) is 10.8. The summed E-state index contributed by atoms with van der Waals surface area (Å²) in [5.74, 6) is 1.53. The fraction of sp³-hybridized carbons (Fsp3) is 0.0769. The molecule has 0 aliphatic heterocycles. The second-order valence-electron chi connectivity index (χ2n) is 4.01. The van der Waals surface area contributed by atoms with Crippen LogP contribution in [0.25, 0.3) is 10.7 Å². The summed E-state index contributed by atoms with van der Waals surface area (Å²) < 4.78 is 0. The minimum absolute atomic E-state index is 0.553. The maximum atomic E-state index is 5.99. The number of rotatable bonds is 3. The average molecular weight is 310 g/mol. The zero-order chi connectivity index (χ0) is 13.2. The highest BCUT2D eigenvalue weighted by atomic mass is 35.5. The highest BCUT2D eigenvalue weighted by molar-refractivity contribution is 7.13. The molecule has 0 spiro atoms. The van der Waals surface area contributed by atoms with Crippen LogP contribution in [0.1, 0.15) is 11.4 Å². The molecule has 1 N–H and O–H groups in total. The molecule has 1 aromatic carbocycles. The molecule has 3 nitrogen and oxygen atoms in total. The quantitative estimate of drug-likeness (QED) is 0.777. The van der Waals surface area contributed by atoms with Crippen LogP contribution in [0.3, 0.4) is 0 Å². The van der Waals surface area contributed by atoms with Gasteiger partial charge in [-0.1, -0.05) is 35.3 Å². The zero-order valence-electron chi connectivity index (χ0n) is 9.73. The highest BCUT2D eigenvalue weighted by Gasteiger charge is 2.08. The Morgan fingerprint density at radius 3 is 2.79 bits per heavy atom. The number of nitrogens with one attached hydrogen (secondary N) is 1. The van der Waals surface area contributed by atoms with Crippen molar-refractivity contribution in [2.45, 2.75) is 6.42 Å². The number of nitrogens with zero attached hydrogens (tertiary/aromatic N) is 2. The van der Waals surface area contributed by atoms with Gasteiger partial charge in [-0.2, -0.15) is 5.10 Å². The van der Waals surface area contributed by atoms with Gasteiger partial charge in [-0.25, -0.2) is 4.98 Å². The molecule has 0 saturated carbocycles. The van der Waals surface area contributed by atoms with Crippen molar-refractivity contribution in [1.82, 2.24) is 15.2 Å². The molecular formula is C13H9Cl2N3S. The summed E-state index contributed by atoms with van der Waals surface area (Å²) in [7, 11) is 0. The summed E-state index contributed by atoms with van der Waals surface area (Å²) in [6, 6.07) is 9.54. The molecule has 0 aliphatic rings. The third kappa shape index (κ3) is 2.81. The van der Waals surface area contributed by atoms with Crippen molar-refractivity contribution in [3.8, 4) is 10.7 Å². The number of halogens is 2. The van der Waals surface area contributed by atoms with E-state index in [4.69, 9.17) is 23.2 Å². The van der Waals surface area contributed by atoms with Crippen molar-refractivity contribution in [1.29, 1.82) is 0 Å². The van der Waals surface area contributed by atoms with E-state index in [9.17, 15) is 0 Å². The number of H-pyrrole nitrogens is 1. The lowest BCUT2D eigenvalue weighted by Crippen LogP contribution is -1.91. The molecule has 0 aliphatic carbocycles. The Morgan fingerprint density at radius 1 is 1.16 bits per heavy atom. The second kappa shape index (κ2) is 5.33. The average Bonchev–Trinajstić information content (AvgIpc) is 3.04. The Morgan fingerprint density at radius 2 is 2.05 bits per heavy atom. The van der Waals surface area contributed by atoms with Crippen LogP contribution in [0.5, 0.6) is 0 Å². The van der Waals surface area contributed by atoms with Crippen LogP contribution in [0, 0.1) is 0 Å². The first kappa shape index (κ1) is 12.7. The van der Waals surface area contributed by atoms with Gasteiger partial charge < -0.3 is 0 Å². The number of benzene rings is 1. The van der Waals surface area contributed by atoms with Gasteiger partial charge in [0.15, 0.2) is 5.82 Å². The van der Waals surface area contributed by atoms with Crippen LogP contribution in [0.15, 0.2) is 35.7 Å². The Hall–Kier alpha value is -1.36. The van der Waals surface area contributed by atoms with Gasteiger partial charge in [0.2, 0.25) is 0 Å². The van der Waals surface area contributed by atoms with Crippen LogP contribution in [-0.4, -0.2) is 15.2 Å². The molecule has 96 valence electrons. The van der Waals surface area contributed by atoms with Gasteiger partial charge in [0.1, 0.15) is 5.82 Å². The first-order valence-corrected chi connectivity index (χ1v) is 7.25. The number of thiophene rings is 1. The summed E-state index contributed by atoms with van der Waals surface area (Å²) in [6.45, 7) is 0. The van der Waals surface area contributed by atoms with Gasteiger partial charge in [0, 0.05) is 6.42 Å². The van der Waals surface area contributed by atoms with E-state index in [-0.39, 0.29) is 0 Å². The molecule has 2 aromatic heterocycles. The maximum Gasteiger partial charge on any atom is 0.191 e. The minimum Gasteiger partial charge on any atom is -0.262 e. The van der Waals surface area contributed by atoms with E-state index in [2.05, 4.69) is 15.2 Å². The fourth-order valence-corrected chi connectivity index (χ4v) is 2.71. The first-order valence-electron chi connectivity index (χ1n) is 5.61. The summed E-state index contributed by atoms with van der Waals surface area (Å²) in [4.78, 5) is 5.52. The van der Waals surface area contributed by atoms with E-state index in [1.54, 1.807) is 17.4 Å². The first-order chi connectivity index (χ1) is 9.22. The maximum absolute atomic E-state index is 5.99. The number of hydrogen-bond donors (Lipinski definition) is 1. The van der Waals surface area contributed by atoms with Gasteiger partial charge in [-0.3, -0.25) is 5.10 Å². The van der Waals surface area contributed by atoms with Crippen LogP contribution < -0.4 is 0 Å². The smallest absolute Gasteiger partial charge is 0.191 e. The third-order valence-corrected chi connectivity index (χ3v) is 4.23. The Kier molecular flexibility index (Phi) is 3.55. The predicted octanol–water partition coefficient (Wildman–Crippen LogP) is 4.43. The molecule has 0 atom stereocenters. The van der Waals surface area contributed by atoms with Gasteiger partial charge in [-0.05, 0) is 29.1 Å². The van der Waals surface area contributed by atoms with Crippen LogP contribution in [-0.2, 0) is 6.42 Å². The number of hydrogen-bond acceptors (Lipinski definition) is 3. The topological polar surface area (TPSA) is 41.6 Å². The largest absolute Gasteiger partial charge is 0.262 e. The minimum atomic E-state index is 0.553. The van der Waals surface area contributed by atoms with Crippen LogP contribution in [0.4, 0.5) is 0 Å². The van der Waals surface area contributed by atoms with E-state index in [0.29, 0.717) is 16.5 Å². The van der Waals surface area contributed by atoms with Crippen molar-refractivity contribution >= 4 is 34.5 Å². The summed E-state index contributed by atoms with van der Waals surface area (Å²) in [5.41, 5.74) is 1.04. The highest BCUT2D eigenvalue weighted by Crippen LogP contribution is 2.24. The Bertz CT molecular complexity index is 692. The molecule has 6 heteroatoms. The van der Waals surface area contributed by atoms with Gasteiger partial charge in [0.05, 0.1) is 14.9 Å². The Balaban J connectivity index is 1.82. The predicted molar refractivity (Wildman–Crippen MR) is 79.0 cm³/mol. The van der Waals surface area contributed by atoms with E-state index in [0.717, 1.165) is 22.1 Å². The lowest BCUT2D eigenvalue weighted by atomic mass is 10.1. The van der Waals surface area contributed by atoms with E-state index < -0.39 is 0 Å². The molecule has 3 aromatic rings. The van der Waals surface area contributed by atoms with Crippen LogP contribution >= 0.6 is 34.5 Å². The molecule has 0 amide bonds. The molecule has 0 saturated heterocycles. The molecule has 2 heterocycles. The van der Waals surface area contributed by atoms with Crippen molar-refractivity contribution in [2.24, 2.45) is 0 Å². The SMILES string of the molecule is Clc1ccc(Cc2nc(-c3cccs3)n[nH]2)cc1Cl. The number of aromatic amines is 1. The third-order valence-electron chi connectivity index (χ3n) is 2.63. The molecule has 19 heavy (non-hydrogen) atoms. The lowest BCUT2D eigenvalue weighted by Gasteiger charge is -2.00. The van der Waals surface area contributed by atoms with Crippen LogP contribution in [0.2, 0.25) is 10.0 Å².